The van der Waals surface area contributed by atoms with Gasteiger partial charge in [-0.15, -0.1) is 0 Å². The number of thioether (sulfide) groups is 1. The van der Waals surface area contributed by atoms with Gasteiger partial charge in [-0.25, -0.2) is 0 Å². The third-order valence-electron chi connectivity index (χ3n) is 19.1. The molecule has 8 rings (SSSR count). The predicted octanol–water partition coefficient (Wildman–Crippen LogP) is 4.37. The number of likely N-dealkylation sites (N-methyl/N-ethyl adjacent to an activating group) is 1. The zero-order chi connectivity index (χ0) is 72.2. The maximum atomic E-state index is 14.6. The van der Waals surface area contributed by atoms with E-state index in [4.69, 9.17) is 72.2 Å². The summed E-state index contributed by atoms with van der Waals surface area (Å²) >= 11 is 2.84. The Hall–Kier alpha value is -3.08. The number of aliphatic hydroxyl groups is 5. The number of rotatable bonds is 34. The summed E-state index contributed by atoms with van der Waals surface area (Å²) in [4.78, 5) is 63.6. The van der Waals surface area contributed by atoms with Gasteiger partial charge in [-0.1, -0.05) is 83.9 Å². The highest BCUT2D eigenvalue weighted by molar-refractivity contribution is 14.1. The van der Waals surface area contributed by atoms with Crippen LogP contribution in [-0.4, -0.2) is 260 Å². The Bertz CT molecular complexity index is 3140. The number of ketones is 3. The summed E-state index contributed by atoms with van der Waals surface area (Å²) in [6.07, 6.45) is -13.0. The lowest BCUT2D eigenvalue weighted by molar-refractivity contribution is -0.344. The van der Waals surface area contributed by atoms with E-state index >= 15 is 0 Å². The third kappa shape index (κ3) is 18.6. The Balaban J connectivity index is 1.02. The fraction of sp³-hybridized carbons (Fsp3) is 0.739. The van der Waals surface area contributed by atoms with Crippen LogP contribution in [-0.2, 0) is 66.6 Å². The second kappa shape index (κ2) is 37.3. The van der Waals surface area contributed by atoms with Crippen LogP contribution in [0.5, 0.6) is 17.2 Å². The summed E-state index contributed by atoms with van der Waals surface area (Å²) < 4.78 is 80.2. The van der Waals surface area contributed by atoms with Crippen LogP contribution in [0.15, 0.2) is 23.3 Å². The van der Waals surface area contributed by atoms with E-state index in [1.54, 1.807) is 69.4 Å². The van der Waals surface area contributed by atoms with Crippen LogP contribution >= 0.6 is 55.9 Å². The fourth-order valence-electron chi connectivity index (χ4n) is 14.1. The van der Waals surface area contributed by atoms with Gasteiger partial charge >= 0.3 is 0 Å². The molecule has 0 aromatic heterocycles. The van der Waals surface area contributed by atoms with Crippen molar-refractivity contribution in [1.29, 1.82) is 0 Å². The molecule has 8 N–H and O–H groups in total. The van der Waals surface area contributed by atoms with Crippen molar-refractivity contribution in [2.75, 3.05) is 86.9 Å². The molecule has 4 saturated heterocycles. The molecule has 99 heavy (non-hydrogen) atoms. The molecule has 26 nitrogen and oxygen atoms in total. The summed E-state index contributed by atoms with van der Waals surface area (Å²) in [6, 6.07) is -1.47. The van der Waals surface area contributed by atoms with Gasteiger partial charge in [-0.2, -0.15) is 5.48 Å². The number of carbonyl (C=O) groups is 4. The SMILES string of the molecule is CCN(CC(=O)CCCOCCOCCN)[C@H]1CO[C@@H](O[C@H]2[C@H](O[C@H]3C#C/C=C(/C)C#CC45C(CC(C)=O)C(=O)C[C@]4(O)/C(=C/CSSC(C)C)C35)O[C@H](C)[C@@H](NO[C@H]3C[C@H](O)[C@H](SC(=O)c4c(C)c(I)c(O[C@@H]5O[C@@H](C)[C@H](O)[C@@H](OC)[C@H]5O)c(OC)c4OC)[C@@H](C)O3)[C@@H]2O)C[C@@H]1OC. The molecule has 2 saturated carbocycles. The van der Waals surface area contributed by atoms with Crippen LogP contribution in [0.3, 0.4) is 0 Å². The number of halogens is 1. The van der Waals surface area contributed by atoms with Crippen LogP contribution < -0.4 is 25.4 Å². The molecule has 30 heteroatoms. The number of aliphatic hydroxyl groups excluding tert-OH is 4. The zero-order valence-corrected chi connectivity index (χ0v) is 63.2. The number of Topliss-reactive ketones (excluding diaryl/α,β-unsaturated/α-hetero) is 3. The minimum absolute atomic E-state index is 0.0192. The Labute approximate surface area is 606 Å². The second-order valence-electron chi connectivity index (χ2n) is 26.1. The first-order chi connectivity index (χ1) is 47.2. The molecular formula is C69H100IN3O23S3. The third-order valence-corrected chi connectivity index (χ3v) is 24.6. The molecule has 554 valence electrons. The lowest BCUT2D eigenvalue weighted by Gasteiger charge is -2.60. The van der Waals surface area contributed by atoms with Crippen molar-refractivity contribution in [1.82, 2.24) is 10.4 Å². The van der Waals surface area contributed by atoms with E-state index in [1.807, 2.05) is 40.5 Å². The normalized spacial score (nSPS) is 36.0. The topological polar surface area (TPSA) is 340 Å². The van der Waals surface area contributed by atoms with Crippen molar-refractivity contribution >= 4 is 78.4 Å². The molecule has 1 aromatic rings. The first-order valence-electron chi connectivity index (χ1n) is 33.7. The van der Waals surface area contributed by atoms with E-state index < -0.39 is 132 Å². The number of hydrogen-bond acceptors (Lipinski definition) is 29. The van der Waals surface area contributed by atoms with Gasteiger partial charge in [0.25, 0.3) is 0 Å². The van der Waals surface area contributed by atoms with Crippen LogP contribution in [0.1, 0.15) is 110 Å². The largest absolute Gasteiger partial charge is 0.492 e. The molecule has 7 aliphatic rings. The highest BCUT2D eigenvalue weighted by Crippen LogP contribution is 2.70. The summed E-state index contributed by atoms with van der Waals surface area (Å²) in [5.74, 6) is 11.1. The number of hydrogen-bond donors (Lipinski definition) is 7. The molecule has 1 spiro atoms. The second-order valence-corrected chi connectivity index (χ2v) is 31.3. The number of carbonyl (C=O) groups excluding carboxylic acids is 4. The number of hydroxylamine groups is 1. The van der Waals surface area contributed by atoms with Gasteiger partial charge in [0.05, 0.1) is 110 Å². The van der Waals surface area contributed by atoms with Gasteiger partial charge in [0.2, 0.25) is 17.2 Å². The van der Waals surface area contributed by atoms with Crippen molar-refractivity contribution < 1.29 is 111 Å². The monoisotopic (exact) mass is 1560 g/mol. The minimum atomic E-state index is -1.77. The number of nitrogens with one attached hydrogen (secondary N) is 1. The molecule has 0 amide bonds. The molecule has 0 radical (unpaired) electrons. The number of allylic oxidation sites excluding steroid dienone is 2. The van der Waals surface area contributed by atoms with Crippen LogP contribution in [0.4, 0.5) is 0 Å². The molecule has 3 unspecified atom stereocenters. The number of ether oxygens (including phenoxy) is 13. The Morgan fingerprint density at radius 1 is 0.889 bits per heavy atom. The van der Waals surface area contributed by atoms with E-state index in [9.17, 15) is 44.7 Å². The lowest BCUT2D eigenvalue weighted by Crippen LogP contribution is -2.69. The molecule has 1 aromatic carbocycles. The van der Waals surface area contributed by atoms with E-state index in [2.05, 4.69) is 43.0 Å². The average Bonchev–Trinajstić information content (AvgIpc) is 1.53. The summed E-state index contributed by atoms with van der Waals surface area (Å²) in [5, 5.41) is 58.4. The van der Waals surface area contributed by atoms with Gasteiger partial charge in [0.1, 0.15) is 59.6 Å². The number of benzene rings is 1. The maximum absolute atomic E-state index is 14.6. The number of methoxy groups -OCH3 is 4. The quantitative estimate of drug-likeness (QED) is 0.0126. The molecule has 4 heterocycles. The van der Waals surface area contributed by atoms with Crippen molar-refractivity contribution in [2.45, 2.75) is 221 Å². The molecular weight excluding hydrogens is 1460 g/mol. The first-order valence-corrected chi connectivity index (χ1v) is 38.0. The van der Waals surface area contributed by atoms with E-state index in [-0.39, 0.29) is 85.0 Å². The van der Waals surface area contributed by atoms with E-state index in [0.29, 0.717) is 83.6 Å². The van der Waals surface area contributed by atoms with E-state index in [1.165, 1.54) is 28.3 Å². The van der Waals surface area contributed by atoms with E-state index in [0.717, 1.165) is 11.8 Å². The highest BCUT2D eigenvalue weighted by Gasteiger charge is 2.78. The summed E-state index contributed by atoms with van der Waals surface area (Å²) in [5.41, 5.74) is 6.78. The Kier molecular flexibility index (Phi) is 30.7. The predicted molar refractivity (Wildman–Crippen MR) is 377 cm³/mol. The van der Waals surface area contributed by atoms with Crippen molar-refractivity contribution in [3.63, 3.8) is 0 Å². The zero-order valence-electron chi connectivity index (χ0n) is 58.6. The number of nitrogens with two attached hydrogens (primary N) is 1. The molecule has 4 aliphatic heterocycles. The lowest BCUT2D eigenvalue weighted by atomic mass is 9.44. The molecule has 0 bridgehead atoms. The average molecular weight is 1560 g/mol. The maximum Gasteiger partial charge on any atom is 0.229 e. The van der Waals surface area contributed by atoms with Crippen LogP contribution in [0.25, 0.3) is 0 Å². The van der Waals surface area contributed by atoms with Crippen molar-refractivity contribution in [3.05, 3.63) is 38.0 Å². The first kappa shape index (κ1) is 81.6. The summed E-state index contributed by atoms with van der Waals surface area (Å²) in [7, 11) is 8.90. The molecule has 22 atom stereocenters. The number of nitrogens with zero attached hydrogens (tertiary/aromatic N) is 1. The minimum Gasteiger partial charge on any atom is -0.492 e. The van der Waals surface area contributed by atoms with Gasteiger partial charge in [0.15, 0.2) is 30.4 Å². The standard InChI is InChI=1S/C69H100IN3O23S3/c1-14-73(33-42(75)18-16-24-87-26-27-88-25-23-71)45-34-89-50(31-49(45)83-10)94-62-57(79)55(39(7)91-67(62)93-48-19-15-17-36(4)20-22-68-44(29-37(5)74)47(77)32-69(68,82)43(53(48)68)21-28-97-99-35(2)3)72-96-51-30-46(76)64(41(9)90-51)98-65(81)52-38(6)54(70)60(63(86-13)59(52)84-11)95-66-58(80)61(85-12)56(78)40(8)92-66/h17,21,35,39-41,44-46,48-51,53,55-58,61-62,64,66-67,72,76,78-80,82H,14,16,18,23-34,71H2,1-13H3/b36-17-,43-21+/t39-,40+,41-,44?,45+,46+,48+,49+,50+,51+,53?,55-,56+,57+,58-,61-,62-,64-,66+,67+,68?,69+/m1/s1. The highest BCUT2D eigenvalue weighted by atomic mass is 127. The van der Waals surface area contributed by atoms with Gasteiger partial charge < -0.3 is 97.6 Å². The molecule has 3 aliphatic carbocycles. The van der Waals surface area contributed by atoms with Crippen LogP contribution in [0.2, 0.25) is 0 Å². The summed E-state index contributed by atoms with van der Waals surface area (Å²) in [6.45, 7) is 18.7. The van der Waals surface area contributed by atoms with Crippen LogP contribution in [0, 0.1) is 51.4 Å². The van der Waals surface area contributed by atoms with Gasteiger partial charge in [-0.3, -0.25) is 24.1 Å². The van der Waals surface area contributed by atoms with Crippen molar-refractivity contribution in [2.24, 2.45) is 23.0 Å². The molecule has 6 fully saturated rings. The van der Waals surface area contributed by atoms with Gasteiger partial charge in [-0.05, 0) is 94.3 Å². The smallest absolute Gasteiger partial charge is 0.229 e. The van der Waals surface area contributed by atoms with Crippen molar-refractivity contribution in [3.8, 4) is 40.9 Å². The fourth-order valence-corrected chi connectivity index (χ4v) is 17.7. The van der Waals surface area contributed by atoms with Gasteiger partial charge in [0, 0.05) is 87.9 Å². The Morgan fingerprint density at radius 3 is 2.26 bits per heavy atom. The Morgan fingerprint density at radius 2 is 1.61 bits per heavy atom.